The van der Waals surface area contributed by atoms with Gasteiger partial charge in [-0.05, 0) is 49.6 Å². The van der Waals surface area contributed by atoms with Crippen LogP contribution in [0.1, 0.15) is 47.8 Å². The second-order valence-electron chi connectivity index (χ2n) is 9.27. The topological polar surface area (TPSA) is 91.9 Å². The molecule has 0 fully saturated rings. The number of pyridine rings is 2. The first-order valence-corrected chi connectivity index (χ1v) is 12.2. The van der Waals surface area contributed by atoms with Crippen LogP contribution in [0.3, 0.4) is 0 Å². The molecule has 2 aliphatic heterocycles. The molecular formula is C28H26FN5O2. The molecule has 0 spiro atoms. The molecule has 0 saturated carbocycles. The van der Waals surface area contributed by atoms with Gasteiger partial charge in [0.2, 0.25) is 5.88 Å². The molecule has 8 heteroatoms. The predicted octanol–water partition coefficient (Wildman–Crippen LogP) is 5.63. The maximum absolute atomic E-state index is 14.6. The van der Waals surface area contributed by atoms with Crippen molar-refractivity contribution < 1.29 is 13.9 Å². The summed E-state index contributed by atoms with van der Waals surface area (Å²) >= 11 is 0. The van der Waals surface area contributed by atoms with Crippen LogP contribution in [0.5, 0.6) is 5.88 Å². The van der Waals surface area contributed by atoms with Crippen molar-refractivity contribution in [3.63, 3.8) is 0 Å². The number of carbonyl (C=O) groups is 1. The Bertz CT molecular complexity index is 1540. The van der Waals surface area contributed by atoms with E-state index in [4.69, 9.17) is 9.72 Å². The van der Waals surface area contributed by atoms with Crippen LogP contribution in [-0.2, 0) is 6.42 Å². The van der Waals surface area contributed by atoms with E-state index in [9.17, 15) is 9.18 Å². The van der Waals surface area contributed by atoms with Gasteiger partial charge in [-0.25, -0.2) is 9.37 Å². The molecule has 1 aromatic carbocycles. The summed E-state index contributed by atoms with van der Waals surface area (Å²) in [6, 6.07) is 10.5. The van der Waals surface area contributed by atoms with Crippen molar-refractivity contribution >= 4 is 28.3 Å². The van der Waals surface area contributed by atoms with E-state index >= 15 is 0 Å². The number of hydrogen-bond donors (Lipinski definition) is 3. The van der Waals surface area contributed by atoms with Gasteiger partial charge in [-0.1, -0.05) is 19.1 Å². The third-order valence-electron chi connectivity index (χ3n) is 6.93. The molecule has 5 heterocycles. The second kappa shape index (κ2) is 8.78. The number of halogens is 1. The number of amides is 1. The highest BCUT2D eigenvalue weighted by Crippen LogP contribution is 2.43. The smallest absolute Gasteiger partial charge is 0.255 e. The number of nitrogens with one attached hydrogen (secondary N) is 3. The fourth-order valence-corrected chi connectivity index (χ4v) is 5.05. The molecule has 182 valence electrons. The lowest BCUT2D eigenvalue weighted by molar-refractivity contribution is 0.0941. The Hall–Kier alpha value is -4.20. The van der Waals surface area contributed by atoms with Crippen molar-refractivity contribution in [1.29, 1.82) is 0 Å². The van der Waals surface area contributed by atoms with Gasteiger partial charge in [0.25, 0.3) is 5.91 Å². The summed E-state index contributed by atoms with van der Waals surface area (Å²) in [5.74, 6) is 0.111. The van der Waals surface area contributed by atoms with Crippen LogP contribution in [0.25, 0.3) is 22.3 Å². The number of aromatic nitrogens is 3. The number of benzene rings is 1. The Morgan fingerprint density at radius 2 is 2.11 bits per heavy atom. The number of ether oxygens (including phenoxy) is 1. The van der Waals surface area contributed by atoms with Gasteiger partial charge >= 0.3 is 0 Å². The molecule has 0 radical (unpaired) electrons. The van der Waals surface area contributed by atoms with Crippen molar-refractivity contribution in [2.45, 2.75) is 32.6 Å². The molecule has 6 rings (SSSR count). The SMILES string of the molecule is CCc1c(F)cccc1Nc1c2[nH]c3c1C(=O)NCC3C/C=C(/C)COc1ccc3nccc-2c3n1. The van der Waals surface area contributed by atoms with Gasteiger partial charge in [-0.3, -0.25) is 9.78 Å². The molecule has 2 aliphatic rings. The number of allylic oxidation sites excluding steroid dienone is 1. The van der Waals surface area contributed by atoms with E-state index in [2.05, 4.69) is 26.7 Å². The molecule has 4 aromatic rings. The first kappa shape index (κ1) is 22.3. The lowest BCUT2D eigenvalue weighted by Crippen LogP contribution is -2.35. The average molecular weight is 484 g/mol. The molecular weight excluding hydrogens is 457 g/mol. The number of H-pyrrole nitrogens is 1. The summed E-state index contributed by atoms with van der Waals surface area (Å²) in [5, 5.41) is 6.47. The van der Waals surface area contributed by atoms with Gasteiger partial charge in [0.05, 0.1) is 22.5 Å². The first-order chi connectivity index (χ1) is 17.5. The maximum Gasteiger partial charge on any atom is 0.255 e. The Labute approximate surface area is 207 Å². The van der Waals surface area contributed by atoms with E-state index in [1.54, 1.807) is 12.3 Å². The third-order valence-corrected chi connectivity index (χ3v) is 6.93. The van der Waals surface area contributed by atoms with Crippen molar-refractivity contribution in [2.24, 2.45) is 0 Å². The molecule has 3 aromatic heterocycles. The molecule has 7 nitrogen and oxygen atoms in total. The monoisotopic (exact) mass is 483 g/mol. The number of hydrogen-bond acceptors (Lipinski definition) is 5. The van der Waals surface area contributed by atoms with Crippen LogP contribution in [0.2, 0.25) is 0 Å². The number of carbonyl (C=O) groups excluding carboxylic acids is 1. The molecule has 3 N–H and O–H groups in total. The average Bonchev–Trinajstić information content (AvgIpc) is 3.26. The number of nitrogens with zero attached hydrogens (tertiary/aromatic N) is 2. The highest BCUT2D eigenvalue weighted by molar-refractivity contribution is 6.08. The molecule has 4 bridgehead atoms. The minimum atomic E-state index is -0.281. The van der Waals surface area contributed by atoms with Gasteiger partial charge in [0.15, 0.2) is 0 Å². The quantitative estimate of drug-likeness (QED) is 0.329. The van der Waals surface area contributed by atoms with Gasteiger partial charge < -0.3 is 20.4 Å². The van der Waals surface area contributed by atoms with Crippen molar-refractivity contribution in [3.05, 3.63) is 76.9 Å². The van der Waals surface area contributed by atoms with Crippen LogP contribution < -0.4 is 15.4 Å². The zero-order valence-corrected chi connectivity index (χ0v) is 20.1. The van der Waals surface area contributed by atoms with E-state index in [0.717, 1.165) is 23.3 Å². The predicted molar refractivity (Wildman–Crippen MR) is 137 cm³/mol. The fourth-order valence-electron chi connectivity index (χ4n) is 5.05. The molecule has 0 saturated heterocycles. The van der Waals surface area contributed by atoms with E-state index < -0.39 is 0 Å². The lowest BCUT2D eigenvalue weighted by atomic mass is 9.92. The van der Waals surface area contributed by atoms with Crippen LogP contribution in [0.4, 0.5) is 15.8 Å². The van der Waals surface area contributed by atoms with Crippen molar-refractivity contribution in [2.75, 3.05) is 18.5 Å². The van der Waals surface area contributed by atoms with Gasteiger partial charge in [0.1, 0.15) is 17.9 Å². The Kier molecular flexibility index (Phi) is 5.44. The zero-order chi connectivity index (χ0) is 24.8. The number of aromatic amines is 1. The van der Waals surface area contributed by atoms with Gasteiger partial charge in [0, 0.05) is 47.2 Å². The summed E-state index contributed by atoms with van der Waals surface area (Å²) in [7, 11) is 0. The minimum absolute atomic E-state index is 0.0502. The molecule has 1 unspecified atom stereocenters. The number of anilines is 2. The van der Waals surface area contributed by atoms with E-state index in [1.807, 2.05) is 38.1 Å². The summed E-state index contributed by atoms with van der Waals surface area (Å²) in [4.78, 5) is 26.1. The Morgan fingerprint density at radius 3 is 2.97 bits per heavy atom. The summed E-state index contributed by atoms with van der Waals surface area (Å²) in [5.41, 5.74) is 7.15. The zero-order valence-electron chi connectivity index (χ0n) is 20.1. The lowest BCUT2D eigenvalue weighted by Gasteiger charge is -2.23. The Balaban J connectivity index is 1.64. The van der Waals surface area contributed by atoms with Gasteiger partial charge in [-0.2, -0.15) is 0 Å². The van der Waals surface area contributed by atoms with Crippen LogP contribution in [0.15, 0.2) is 54.2 Å². The highest BCUT2D eigenvalue weighted by atomic mass is 19.1. The largest absolute Gasteiger partial charge is 0.473 e. The Morgan fingerprint density at radius 1 is 1.22 bits per heavy atom. The number of fused-ring (bicyclic) bond motifs is 3. The van der Waals surface area contributed by atoms with E-state index in [1.165, 1.54) is 6.07 Å². The summed E-state index contributed by atoms with van der Waals surface area (Å²) in [6.45, 7) is 4.89. The first-order valence-electron chi connectivity index (χ1n) is 12.2. The van der Waals surface area contributed by atoms with E-state index in [0.29, 0.717) is 64.7 Å². The minimum Gasteiger partial charge on any atom is -0.473 e. The van der Waals surface area contributed by atoms with Crippen LogP contribution in [-0.4, -0.2) is 34.0 Å². The summed E-state index contributed by atoms with van der Waals surface area (Å²) < 4.78 is 20.6. The van der Waals surface area contributed by atoms with Gasteiger partial charge in [-0.15, -0.1) is 0 Å². The van der Waals surface area contributed by atoms with E-state index in [-0.39, 0.29) is 17.6 Å². The normalized spacial score (nSPS) is 18.4. The third kappa shape index (κ3) is 3.69. The molecule has 36 heavy (non-hydrogen) atoms. The number of rotatable bonds is 3. The van der Waals surface area contributed by atoms with Crippen molar-refractivity contribution in [1.82, 2.24) is 20.3 Å². The molecule has 0 aliphatic carbocycles. The standard InChI is InChI=1S/C28H26FN5O2/c1-3-17-19(29)5-4-6-20(17)32-27-23-24-16(13-31-28(23)35)8-7-15(2)14-36-22-10-9-21-25(33-22)18(11-12-30-21)26(27)34-24/h4-7,9-12,16,32,34H,3,8,13-14H2,1-2H3,(H,31,35)/b15-7-. The van der Waals surface area contributed by atoms with Crippen LogP contribution >= 0.6 is 0 Å². The summed E-state index contributed by atoms with van der Waals surface area (Å²) in [6.07, 6.45) is 5.12. The fraction of sp³-hybridized carbons (Fsp3) is 0.250. The second-order valence-corrected chi connectivity index (χ2v) is 9.27. The highest BCUT2D eigenvalue weighted by Gasteiger charge is 2.33. The molecule has 1 atom stereocenters. The molecule has 1 amide bonds. The van der Waals surface area contributed by atoms with Crippen LogP contribution in [0, 0.1) is 5.82 Å². The van der Waals surface area contributed by atoms with Crippen molar-refractivity contribution in [3.8, 4) is 17.1 Å². The maximum atomic E-state index is 14.6.